The van der Waals surface area contributed by atoms with Gasteiger partial charge in [-0.15, -0.1) is 0 Å². The van der Waals surface area contributed by atoms with Gasteiger partial charge in [0, 0.05) is 5.54 Å². The highest BCUT2D eigenvalue weighted by Gasteiger charge is 2.54. The molecule has 2 rings (SSSR count). The van der Waals surface area contributed by atoms with Gasteiger partial charge < -0.3 is 5.73 Å². The highest BCUT2D eigenvalue weighted by atomic mass is 14.9. The molecular weight excluding hydrogens is 182 g/mol. The molecule has 0 aromatic rings. The van der Waals surface area contributed by atoms with E-state index in [-0.39, 0.29) is 5.54 Å². The second-order valence-corrected chi connectivity index (χ2v) is 6.28. The first-order valence-corrected chi connectivity index (χ1v) is 6.86. The van der Waals surface area contributed by atoms with Gasteiger partial charge in [0.25, 0.3) is 0 Å². The first-order valence-electron chi connectivity index (χ1n) is 6.86. The van der Waals surface area contributed by atoms with E-state index in [0.29, 0.717) is 0 Å². The van der Waals surface area contributed by atoms with E-state index in [4.69, 9.17) is 5.73 Å². The molecule has 2 unspecified atom stereocenters. The standard InChI is InChI=1S/C14H27N/c1-4-12-9-14(12,15)13-7-5-11(6-8-13)10(2)3/h10-13H,4-9,15H2,1-3H3. The maximum Gasteiger partial charge on any atom is 0.0215 e. The van der Waals surface area contributed by atoms with Gasteiger partial charge in [-0.3, -0.25) is 0 Å². The Hall–Kier alpha value is -0.0400. The third-order valence-corrected chi connectivity index (χ3v) is 5.17. The maximum atomic E-state index is 6.50. The molecule has 0 aliphatic heterocycles. The summed E-state index contributed by atoms with van der Waals surface area (Å²) < 4.78 is 0. The van der Waals surface area contributed by atoms with E-state index in [1.54, 1.807) is 0 Å². The highest BCUT2D eigenvalue weighted by molar-refractivity contribution is 5.11. The zero-order valence-electron chi connectivity index (χ0n) is 10.6. The van der Waals surface area contributed by atoms with Gasteiger partial charge in [0.1, 0.15) is 0 Å². The summed E-state index contributed by atoms with van der Waals surface area (Å²) in [5.41, 5.74) is 6.76. The number of hydrogen-bond donors (Lipinski definition) is 1. The highest BCUT2D eigenvalue weighted by Crippen LogP contribution is 2.53. The fourth-order valence-corrected chi connectivity index (χ4v) is 3.72. The lowest BCUT2D eigenvalue weighted by molar-refractivity contribution is 0.189. The largest absolute Gasteiger partial charge is 0.325 e. The van der Waals surface area contributed by atoms with Crippen molar-refractivity contribution in [3.8, 4) is 0 Å². The Kier molecular flexibility index (Phi) is 3.12. The number of hydrogen-bond acceptors (Lipinski definition) is 1. The van der Waals surface area contributed by atoms with Crippen molar-refractivity contribution in [2.45, 2.75) is 64.8 Å². The van der Waals surface area contributed by atoms with Gasteiger partial charge in [-0.2, -0.15) is 0 Å². The number of rotatable bonds is 3. The van der Waals surface area contributed by atoms with Crippen LogP contribution in [0.5, 0.6) is 0 Å². The minimum Gasteiger partial charge on any atom is -0.325 e. The Labute approximate surface area is 94.8 Å². The predicted molar refractivity (Wildman–Crippen MR) is 65.6 cm³/mol. The molecule has 1 nitrogen and oxygen atoms in total. The van der Waals surface area contributed by atoms with Crippen LogP contribution in [0.25, 0.3) is 0 Å². The predicted octanol–water partition coefficient (Wildman–Crippen LogP) is 3.58. The van der Waals surface area contributed by atoms with Crippen LogP contribution in [-0.2, 0) is 0 Å². The van der Waals surface area contributed by atoms with Crippen molar-refractivity contribution in [3.05, 3.63) is 0 Å². The summed E-state index contributed by atoms with van der Waals surface area (Å²) >= 11 is 0. The van der Waals surface area contributed by atoms with Gasteiger partial charge in [0.05, 0.1) is 0 Å². The molecule has 2 fully saturated rings. The van der Waals surface area contributed by atoms with Gasteiger partial charge in [-0.25, -0.2) is 0 Å². The van der Waals surface area contributed by atoms with Crippen LogP contribution in [0.1, 0.15) is 59.3 Å². The maximum absolute atomic E-state index is 6.50. The quantitative estimate of drug-likeness (QED) is 0.755. The monoisotopic (exact) mass is 209 g/mol. The van der Waals surface area contributed by atoms with Gasteiger partial charge in [0.15, 0.2) is 0 Å². The van der Waals surface area contributed by atoms with Gasteiger partial charge in [-0.1, -0.05) is 27.2 Å². The summed E-state index contributed by atoms with van der Waals surface area (Å²) in [6.07, 6.45) is 8.25. The summed E-state index contributed by atoms with van der Waals surface area (Å²) in [6, 6.07) is 0. The molecule has 2 N–H and O–H groups in total. The van der Waals surface area contributed by atoms with Crippen molar-refractivity contribution in [2.24, 2.45) is 29.4 Å². The molecule has 88 valence electrons. The molecule has 0 saturated heterocycles. The van der Waals surface area contributed by atoms with E-state index in [0.717, 1.165) is 23.7 Å². The Balaban J connectivity index is 1.84. The summed E-state index contributed by atoms with van der Waals surface area (Å²) in [7, 11) is 0. The molecular formula is C14H27N. The first kappa shape index (κ1) is 11.4. The van der Waals surface area contributed by atoms with Crippen LogP contribution in [0, 0.1) is 23.7 Å². The van der Waals surface area contributed by atoms with E-state index in [9.17, 15) is 0 Å². The first-order chi connectivity index (χ1) is 7.08. The molecule has 2 aliphatic carbocycles. The zero-order chi connectivity index (χ0) is 11.1. The second kappa shape index (κ2) is 4.08. The van der Waals surface area contributed by atoms with Crippen molar-refractivity contribution in [2.75, 3.05) is 0 Å². The van der Waals surface area contributed by atoms with Crippen LogP contribution in [-0.4, -0.2) is 5.54 Å². The molecule has 0 spiro atoms. The van der Waals surface area contributed by atoms with E-state index >= 15 is 0 Å². The second-order valence-electron chi connectivity index (χ2n) is 6.28. The molecule has 2 atom stereocenters. The lowest BCUT2D eigenvalue weighted by Gasteiger charge is -2.34. The molecule has 15 heavy (non-hydrogen) atoms. The topological polar surface area (TPSA) is 26.0 Å². The van der Waals surface area contributed by atoms with Gasteiger partial charge in [-0.05, 0) is 55.8 Å². The molecule has 0 aromatic carbocycles. The molecule has 1 heteroatoms. The van der Waals surface area contributed by atoms with Crippen molar-refractivity contribution < 1.29 is 0 Å². The molecule has 2 saturated carbocycles. The van der Waals surface area contributed by atoms with Crippen LogP contribution in [0.2, 0.25) is 0 Å². The van der Waals surface area contributed by atoms with Crippen LogP contribution >= 0.6 is 0 Å². The fourth-order valence-electron chi connectivity index (χ4n) is 3.72. The third kappa shape index (κ3) is 2.08. The summed E-state index contributed by atoms with van der Waals surface area (Å²) in [4.78, 5) is 0. The lowest BCUT2D eigenvalue weighted by atomic mass is 9.73. The van der Waals surface area contributed by atoms with Gasteiger partial charge in [0.2, 0.25) is 0 Å². The molecule has 0 radical (unpaired) electrons. The molecule has 0 aromatic heterocycles. The van der Waals surface area contributed by atoms with E-state index in [2.05, 4.69) is 20.8 Å². The molecule has 0 bridgehead atoms. The smallest absolute Gasteiger partial charge is 0.0215 e. The number of nitrogens with two attached hydrogens (primary N) is 1. The van der Waals surface area contributed by atoms with Crippen molar-refractivity contribution in [3.63, 3.8) is 0 Å². The Morgan fingerprint density at radius 2 is 1.80 bits per heavy atom. The Morgan fingerprint density at radius 1 is 1.20 bits per heavy atom. The summed E-state index contributed by atoms with van der Waals surface area (Å²) in [5.74, 6) is 3.54. The minimum absolute atomic E-state index is 0.261. The van der Waals surface area contributed by atoms with E-state index in [1.165, 1.54) is 38.5 Å². The summed E-state index contributed by atoms with van der Waals surface area (Å²) in [5, 5.41) is 0. The van der Waals surface area contributed by atoms with Crippen molar-refractivity contribution in [1.29, 1.82) is 0 Å². The fraction of sp³-hybridized carbons (Fsp3) is 1.00. The zero-order valence-corrected chi connectivity index (χ0v) is 10.6. The Bertz CT molecular complexity index is 215. The third-order valence-electron chi connectivity index (χ3n) is 5.17. The minimum atomic E-state index is 0.261. The van der Waals surface area contributed by atoms with Crippen molar-refractivity contribution >= 4 is 0 Å². The molecule has 2 aliphatic rings. The van der Waals surface area contributed by atoms with Crippen molar-refractivity contribution in [1.82, 2.24) is 0 Å². The van der Waals surface area contributed by atoms with Crippen LogP contribution < -0.4 is 5.73 Å². The lowest BCUT2D eigenvalue weighted by Crippen LogP contribution is -2.37. The molecule has 0 heterocycles. The van der Waals surface area contributed by atoms with E-state index < -0.39 is 0 Å². The normalized spacial score (nSPS) is 45.8. The van der Waals surface area contributed by atoms with Crippen LogP contribution in [0.4, 0.5) is 0 Å². The molecule has 0 amide bonds. The van der Waals surface area contributed by atoms with Crippen LogP contribution in [0.15, 0.2) is 0 Å². The van der Waals surface area contributed by atoms with Gasteiger partial charge >= 0.3 is 0 Å². The van der Waals surface area contributed by atoms with Crippen LogP contribution in [0.3, 0.4) is 0 Å². The average Bonchev–Trinajstić information content (AvgIpc) is 2.91. The summed E-state index contributed by atoms with van der Waals surface area (Å²) in [6.45, 7) is 7.03. The van der Waals surface area contributed by atoms with E-state index in [1.807, 2.05) is 0 Å². The Morgan fingerprint density at radius 3 is 2.20 bits per heavy atom. The average molecular weight is 209 g/mol. The SMILES string of the molecule is CCC1CC1(N)C1CCC(C(C)C)CC1.